The molecule has 0 aliphatic carbocycles. The predicted molar refractivity (Wildman–Crippen MR) is 54.4 cm³/mol. The van der Waals surface area contributed by atoms with Crippen LogP contribution in [0.25, 0.3) is 0 Å². The van der Waals surface area contributed by atoms with Gasteiger partial charge in [0.05, 0.1) is 37.2 Å². The third-order valence-electron chi connectivity index (χ3n) is 1.14. The lowest BCUT2D eigenvalue weighted by Crippen LogP contribution is -2.17. The molecule has 0 saturated heterocycles. The SMILES string of the molecule is O=[PH](OCC(O)CCl)OCC(O)CCl. The lowest BCUT2D eigenvalue weighted by atomic mass is 10.4. The van der Waals surface area contributed by atoms with Crippen LogP contribution >= 0.6 is 31.5 Å². The lowest BCUT2D eigenvalue weighted by molar-refractivity contribution is 0.0919. The van der Waals surface area contributed by atoms with E-state index in [1.165, 1.54) is 0 Å². The summed E-state index contributed by atoms with van der Waals surface area (Å²) in [6.07, 6.45) is -1.74. The Bertz CT molecular complexity index is 154. The Balaban J connectivity index is 3.46. The first-order valence-electron chi connectivity index (χ1n) is 3.87. The summed E-state index contributed by atoms with van der Waals surface area (Å²) in [4.78, 5) is 0. The van der Waals surface area contributed by atoms with Gasteiger partial charge in [0.25, 0.3) is 0 Å². The first-order chi connectivity index (χ1) is 6.60. The van der Waals surface area contributed by atoms with Crippen molar-refractivity contribution < 1.29 is 23.8 Å². The van der Waals surface area contributed by atoms with Gasteiger partial charge in [-0.2, -0.15) is 0 Å². The molecule has 0 aromatic carbocycles. The van der Waals surface area contributed by atoms with Gasteiger partial charge < -0.3 is 19.3 Å². The van der Waals surface area contributed by atoms with Crippen molar-refractivity contribution in [1.29, 1.82) is 0 Å². The maximum absolute atomic E-state index is 10.9. The molecule has 0 saturated carbocycles. The number of hydrogen-bond donors (Lipinski definition) is 2. The van der Waals surface area contributed by atoms with E-state index in [-0.39, 0.29) is 25.0 Å². The second-order valence-electron chi connectivity index (χ2n) is 2.49. The van der Waals surface area contributed by atoms with E-state index < -0.39 is 20.5 Å². The molecule has 2 N–H and O–H groups in total. The normalized spacial score (nSPS) is 17.7. The smallest absolute Gasteiger partial charge is 0.319 e. The molecule has 2 atom stereocenters. The van der Waals surface area contributed by atoms with Gasteiger partial charge in [0.2, 0.25) is 0 Å². The summed E-state index contributed by atoms with van der Waals surface area (Å²) < 4.78 is 20.2. The van der Waals surface area contributed by atoms with Crippen molar-refractivity contribution in [3.05, 3.63) is 0 Å². The van der Waals surface area contributed by atoms with Crippen LogP contribution in [0.15, 0.2) is 0 Å². The summed E-state index contributed by atoms with van der Waals surface area (Å²) in [5, 5.41) is 17.8. The Morgan fingerprint density at radius 1 is 1.07 bits per heavy atom. The second-order valence-corrected chi connectivity index (χ2v) is 4.18. The predicted octanol–water partition coefficient (Wildman–Crippen LogP) is 0.609. The van der Waals surface area contributed by atoms with Crippen molar-refractivity contribution in [2.45, 2.75) is 12.2 Å². The summed E-state index contributed by atoms with van der Waals surface area (Å²) in [6, 6.07) is 0. The number of halogens is 2. The maximum atomic E-state index is 10.9. The highest BCUT2D eigenvalue weighted by Crippen LogP contribution is 2.24. The van der Waals surface area contributed by atoms with Crippen LogP contribution in [0.5, 0.6) is 0 Å². The molecule has 5 nitrogen and oxygen atoms in total. The molecule has 86 valence electrons. The largest absolute Gasteiger partial charge is 0.389 e. The Kier molecular flexibility index (Phi) is 9.33. The fourth-order valence-electron chi connectivity index (χ4n) is 0.459. The minimum absolute atomic E-state index is 0.000544. The van der Waals surface area contributed by atoms with Crippen molar-refractivity contribution in [2.24, 2.45) is 0 Å². The molecule has 8 heteroatoms. The molecular formula is C6H13Cl2O5P. The van der Waals surface area contributed by atoms with Crippen LogP contribution in [0, 0.1) is 0 Å². The van der Waals surface area contributed by atoms with Crippen molar-refractivity contribution in [3.63, 3.8) is 0 Å². The van der Waals surface area contributed by atoms with E-state index in [0.29, 0.717) is 0 Å². The molecule has 0 fully saturated rings. The molecule has 0 bridgehead atoms. The quantitative estimate of drug-likeness (QED) is 0.497. The van der Waals surface area contributed by atoms with E-state index in [2.05, 4.69) is 9.05 Å². The molecule has 14 heavy (non-hydrogen) atoms. The molecule has 0 aliphatic rings. The standard InChI is InChI=1S/C6H13Cl2O5P/c7-1-5(9)3-12-14(11)13-4-6(10)2-8/h5-6,9-10,14H,1-4H2. The zero-order valence-corrected chi connectivity index (χ0v) is 9.87. The highest BCUT2D eigenvalue weighted by molar-refractivity contribution is 7.33. The van der Waals surface area contributed by atoms with Crippen molar-refractivity contribution in [2.75, 3.05) is 25.0 Å². The van der Waals surface area contributed by atoms with Crippen LogP contribution in [0.1, 0.15) is 0 Å². The number of rotatable bonds is 8. The molecule has 0 aliphatic heterocycles. The Hall–Kier alpha value is 0.650. The summed E-state index contributed by atoms with van der Waals surface area (Å²) in [5.74, 6) is -0.00109. The Morgan fingerprint density at radius 2 is 1.43 bits per heavy atom. The lowest BCUT2D eigenvalue weighted by Gasteiger charge is -2.09. The first-order valence-corrected chi connectivity index (χ1v) is 6.17. The van der Waals surface area contributed by atoms with Crippen LogP contribution in [-0.2, 0) is 13.6 Å². The highest BCUT2D eigenvalue weighted by Gasteiger charge is 2.08. The van der Waals surface area contributed by atoms with E-state index in [1.807, 2.05) is 0 Å². The average Bonchev–Trinajstić information content (AvgIpc) is 2.22. The molecule has 0 heterocycles. The van der Waals surface area contributed by atoms with Gasteiger partial charge in [0.1, 0.15) is 0 Å². The minimum atomic E-state index is -2.69. The molecule has 0 radical (unpaired) electrons. The highest BCUT2D eigenvalue weighted by atomic mass is 35.5. The molecule has 0 spiro atoms. The van der Waals surface area contributed by atoms with Gasteiger partial charge in [-0.15, -0.1) is 23.2 Å². The second kappa shape index (κ2) is 8.92. The summed E-state index contributed by atoms with van der Waals surface area (Å²) in [6.45, 7) is -0.309. The van der Waals surface area contributed by atoms with Gasteiger partial charge >= 0.3 is 8.25 Å². The Morgan fingerprint density at radius 3 is 1.71 bits per heavy atom. The van der Waals surface area contributed by atoms with Gasteiger partial charge in [-0.25, -0.2) is 0 Å². The van der Waals surface area contributed by atoms with Crippen LogP contribution in [-0.4, -0.2) is 47.4 Å². The number of aliphatic hydroxyl groups excluding tert-OH is 2. The van der Waals surface area contributed by atoms with Crippen molar-refractivity contribution in [3.8, 4) is 0 Å². The molecule has 0 rings (SSSR count). The number of alkyl halides is 2. The third-order valence-corrected chi connectivity index (χ3v) is 2.66. The van der Waals surface area contributed by atoms with Crippen LogP contribution in [0.3, 0.4) is 0 Å². The zero-order chi connectivity index (χ0) is 11.0. The molecule has 0 amide bonds. The van der Waals surface area contributed by atoms with Crippen LogP contribution in [0.4, 0.5) is 0 Å². The zero-order valence-electron chi connectivity index (χ0n) is 7.36. The van der Waals surface area contributed by atoms with Gasteiger partial charge in [0.15, 0.2) is 0 Å². The third kappa shape index (κ3) is 8.00. The van der Waals surface area contributed by atoms with E-state index >= 15 is 0 Å². The summed E-state index contributed by atoms with van der Waals surface area (Å²) in [5.41, 5.74) is 0. The van der Waals surface area contributed by atoms with Gasteiger partial charge in [0, 0.05) is 0 Å². The molecule has 0 aromatic rings. The fraction of sp³-hybridized carbons (Fsp3) is 1.00. The monoisotopic (exact) mass is 266 g/mol. The number of aliphatic hydroxyl groups is 2. The molecule has 0 aromatic heterocycles. The Labute approximate surface area is 92.9 Å². The first kappa shape index (κ1) is 14.6. The van der Waals surface area contributed by atoms with E-state index in [9.17, 15) is 4.57 Å². The maximum Gasteiger partial charge on any atom is 0.319 e. The summed E-state index contributed by atoms with van der Waals surface area (Å²) >= 11 is 10.5. The van der Waals surface area contributed by atoms with Crippen molar-refractivity contribution in [1.82, 2.24) is 0 Å². The minimum Gasteiger partial charge on any atom is -0.389 e. The van der Waals surface area contributed by atoms with E-state index in [0.717, 1.165) is 0 Å². The van der Waals surface area contributed by atoms with Crippen molar-refractivity contribution >= 4 is 31.5 Å². The van der Waals surface area contributed by atoms with Gasteiger partial charge in [-0.1, -0.05) is 0 Å². The van der Waals surface area contributed by atoms with E-state index in [4.69, 9.17) is 33.4 Å². The summed E-state index contributed by atoms with van der Waals surface area (Å²) in [7, 11) is -2.69. The fourth-order valence-corrected chi connectivity index (χ4v) is 1.38. The molecule has 2 unspecified atom stereocenters. The van der Waals surface area contributed by atoms with Crippen LogP contribution < -0.4 is 0 Å². The molecular weight excluding hydrogens is 254 g/mol. The van der Waals surface area contributed by atoms with Gasteiger partial charge in [-0.3, -0.25) is 4.57 Å². The average molecular weight is 267 g/mol. The van der Waals surface area contributed by atoms with Crippen LogP contribution in [0.2, 0.25) is 0 Å². The topological polar surface area (TPSA) is 76.0 Å². The van der Waals surface area contributed by atoms with E-state index in [1.54, 1.807) is 0 Å². The number of hydrogen-bond acceptors (Lipinski definition) is 5. The van der Waals surface area contributed by atoms with Gasteiger partial charge in [-0.05, 0) is 0 Å².